The molecule has 2 rings (SSSR count). The largest absolute Gasteiger partial charge is 0.323 e. The van der Waals surface area contributed by atoms with Crippen LogP contribution in [0.5, 0.6) is 0 Å². The molecule has 0 atom stereocenters. The number of nitrogens with one attached hydrogen (secondary N) is 1. The van der Waals surface area contributed by atoms with Gasteiger partial charge in [-0.05, 0) is 24.6 Å². The molecule has 144 valence electrons. The Kier molecular flexibility index (Phi) is 6.30. The minimum Gasteiger partial charge on any atom is -0.323 e. The van der Waals surface area contributed by atoms with Crippen LogP contribution in [0, 0.1) is 17.0 Å². The summed E-state index contributed by atoms with van der Waals surface area (Å²) in [7, 11) is -3.90. The summed E-state index contributed by atoms with van der Waals surface area (Å²) >= 11 is 11.9. The van der Waals surface area contributed by atoms with E-state index in [1.54, 1.807) is 13.0 Å². The monoisotopic (exact) mass is 431 g/mol. The van der Waals surface area contributed by atoms with Crippen LogP contribution < -0.4 is 9.62 Å². The molecule has 0 aliphatic carbocycles. The highest BCUT2D eigenvalue weighted by atomic mass is 35.5. The van der Waals surface area contributed by atoms with Gasteiger partial charge in [0.1, 0.15) is 6.54 Å². The summed E-state index contributed by atoms with van der Waals surface area (Å²) in [6.07, 6.45) is 0.908. The maximum atomic E-state index is 12.4. The lowest BCUT2D eigenvalue weighted by Gasteiger charge is -2.23. The molecule has 0 aliphatic heterocycles. The van der Waals surface area contributed by atoms with Crippen molar-refractivity contribution in [1.29, 1.82) is 0 Å². The average molecular weight is 432 g/mol. The van der Waals surface area contributed by atoms with Crippen molar-refractivity contribution in [3.8, 4) is 0 Å². The highest BCUT2D eigenvalue weighted by molar-refractivity contribution is 7.92. The summed E-state index contributed by atoms with van der Waals surface area (Å²) in [6, 6.07) is 8.39. The Morgan fingerprint density at radius 3 is 2.52 bits per heavy atom. The molecule has 0 radical (unpaired) electrons. The first-order valence-electron chi connectivity index (χ1n) is 7.47. The minimum absolute atomic E-state index is 0.0408. The van der Waals surface area contributed by atoms with Gasteiger partial charge in [0.15, 0.2) is 0 Å². The molecule has 11 heteroatoms. The van der Waals surface area contributed by atoms with E-state index in [4.69, 9.17) is 23.2 Å². The summed E-state index contributed by atoms with van der Waals surface area (Å²) in [6.45, 7) is 0.993. The van der Waals surface area contributed by atoms with Gasteiger partial charge >= 0.3 is 0 Å². The third-order valence-electron chi connectivity index (χ3n) is 3.59. The Hall–Kier alpha value is -2.36. The summed E-state index contributed by atoms with van der Waals surface area (Å²) < 4.78 is 25.2. The fourth-order valence-corrected chi connectivity index (χ4v) is 3.54. The number of anilines is 2. The standard InChI is InChI=1S/C16H15Cl2N3O5S/c1-10-6-7-11(21(23)24)8-14(10)20(27(2,25)26)9-15(22)19-13-5-3-4-12(17)16(13)18/h3-8H,9H2,1-2H3,(H,19,22). The van der Waals surface area contributed by atoms with Crippen molar-refractivity contribution in [3.05, 3.63) is 62.1 Å². The van der Waals surface area contributed by atoms with Crippen molar-refractivity contribution >= 4 is 56.2 Å². The Bertz CT molecular complexity index is 1010. The van der Waals surface area contributed by atoms with Gasteiger partial charge < -0.3 is 5.32 Å². The zero-order chi connectivity index (χ0) is 20.4. The van der Waals surface area contributed by atoms with Crippen molar-refractivity contribution in [2.75, 3.05) is 22.4 Å². The number of carbonyl (C=O) groups excluding carboxylic acids is 1. The van der Waals surface area contributed by atoms with E-state index in [9.17, 15) is 23.3 Å². The van der Waals surface area contributed by atoms with Crippen LogP contribution in [0.25, 0.3) is 0 Å². The number of nitro groups is 1. The zero-order valence-electron chi connectivity index (χ0n) is 14.3. The molecule has 2 aromatic rings. The number of nitro benzene ring substituents is 1. The van der Waals surface area contributed by atoms with E-state index in [0.29, 0.717) is 5.56 Å². The number of hydrogen-bond acceptors (Lipinski definition) is 5. The molecule has 0 fully saturated rings. The molecular weight excluding hydrogens is 417 g/mol. The van der Waals surface area contributed by atoms with E-state index in [1.807, 2.05) is 0 Å². The van der Waals surface area contributed by atoms with Crippen molar-refractivity contribution in [1.82, 2.24) is 0 Å². The third kappa shape index (κ3) is 5.09. The van der Waals surface area contributed by atoms with Crippen molar-refractivity contribution in [2.24, 2.45) is 0 Å². The van der Waals surface area contributed by atoms with Gasteiger partial charge in [0.25, 0.3) is 5.69 Å². The van der Waals surface area contributed by atoms with Crippen molar-refractivity contribution in [2.45, 2.75) is 6.92 Å². The van der Waals surface area contributed by atoms with E-state index in [2.05, 4.69) is 5.32 Å². The maximum Gasteiger partial charge on any atom is 0.271 e. The molecule has 0 saturated heterocycles. The summed E-state index contributed by atoms with van der Waals surface area (Å²) in [5.41, 5.74) is 0.430. The van der Waals surface area contributed by atoms with E-state index in [1.165, 1.54) is 24.3 Å². The maximum absolute atomic E-state index is 12.4. The van der Waals surface area contributed by atoms with Crippen LogP contribution in [0.2, 0.25) is 10.0 Å². The van der Waals surface area contributed by atoms with Crippen LogP contribution in [-0.2, 0) is 14.8 Å². The quantitative estimate of drug-likeness (QED) is 0.554. The number of nitrogens with zero attached hydrogens (tertiary/aromatic N) is 2. The molecular formula is C16H15Cl2N3O5S. The Morgan fingerprint density at radius 1 is 1.26 bits per heavy atom. The fraction of sp³-hybridized carbons (Fsp3) is 0.188. The molecule has 0 unspecified atom stereocenters. The van der Waals surface area contributed by atoms with Crippen LogP contribution in [0.15, 0.2) is 36.4 Å². The lowest BCUT2D eigenvalue weighted by atomic mass is 10.2. The number of aryl methyl sites for hydroxylation is 1. The number of sulfonamides is 1. The number of benzene rings is 2. The third-order valence-corrected chi connectivity index (χ3v) is 5.53. The molecule has 0 saturated carbocycles. The second kappa shape index (κ2) is 8.12. The lowest BCUT2D eigenvalue weighted by molar-refractivity contribution is -0.384. The molecule has 27 heavy (non-hydrogen) atoms. The number of hydrogen-bond donors (Lipinski definition) is 1. The van der Waals surface area contributed by atoms with E-state index in [0.717, 1.165) is 16.6 Å². The highest BCUT2D eigenvalue weighted by Crippen LogP contribution is 2.30. The van der Waals surface area contributed by atoms with Gasteiger partial charge in [-0.15, -0.1) is 0 Å². The van der Waals surface area contributed by atoms with Crippen LogP contribution in [0.3, 0.4) is 0 Å². The molecule has 1 N–H and O–H groups in total. The number of amides is 1. The van der Waals surface area contributed by atoms with E-state index in [-0.39, 0.29) is 27.1 Å². The second-order valence-electron chi connectivity index (χ2n) is 5.65. The average Bonchev–Trinajstić information content (AvgIpc) is 2.56. The Morgan fingerprint density at radius 2 is 1.93 bits per heavy atom. The van der Waals surface area contributed by atoms with Crippen LogP contribution in [0.1, 0.15) is 5.56 Å². The number of non-ortho nitro benzene ring substituents is 1. The second-order valence-corrected chi connectivity index (χ2v) is 8.34. The molecule has 0 aromatic heterocycles. The highest BCUT2D eigenvalue weighted by Gasteiger charge is 2.24. The Labute approximate surface area is 165 Å². The smallest absolute Gasteiger partial charge is 0.271 e. The predicted octanol–water partition coefficient (Wildman–Crippen LogP) is 3.61. The van der Waals surface area contributed by atoms with Gasteiger partial charge in [-0.3, -0.25) is 19.2 Å². The first kappa shape index (κ1) is 20.9. The van der Waals surface area contributed by atoms with Crippen LogP contribution in [-0.4, -0.2) is 32.0 Å². The lowest BCUT2D eigenvalue weighted by Crippen LogP contribution is -2.38. The zero-order valence-corrected chi connectivity index (χ0v) is 16.6. The first-order chi connectivity index (χ1) is 12.5. The minimum atomic E-state index is -3.90. The van der Waals surface area contributed by atoms with Crippen molar-refractivity contribution in [3.63, 3.8) is 0 Å². The van der Waals surface area contributed by atoms with Crippen LogP contribution >= 0.6 is 23.2 Å². The van der Waals surface area contributed by atoms with Gasteiger partial charge in [-0.1, -0.05) is 35.3 Å². The van der Waals surface area contributed by atoms with Gasteiger partial charge in [0.2, 0.25) is 15.9 Å². The van der Waals surface area contributed by atoms with Gasteiger partial charge in [0, 0.05) is 12.1 Å². The summed E-state index contributed by atoms with van der Waals surface area (Å²) in [5, 5.41) is 13.8. The molecule has 1 amide bonds. The van der Waals surface area contributed by atoms with Crippen molar-refractivity contribution < 1.29 is 18.1 Å². The first-order valence-corrected chi connectivity index (χ1v) is 10.1. The van der Waals surface area contributed by atoms with Crippen LogP contribution in [0.4, 0.5) is 17.1 Å². The molecule has 0 spiro atoms. The van der Waals surface area contributed by atoms with Gasteiger partial charge in [-0.25, -0.2) is 8.42 Å². The molecule has 0 heterocycles. The molecule has 0 bridgehead atoms. The predicted molar refractivity (Wildman–Crippen MR) is 105 cm³/mol. The number of carbonyl (C=O) groups is 1. The SMILES string of the molecule is Cc1ccc([N+](=O)[O-])cc1N(CC(=O)Nc1cccc(Cl)c1Cl)S(C)(=O)=O. The fourth-order valence-electron chi connectivity index (χ4n) is 2.28. The topological polar surface area (TPSA) is 110 Å². The number of halogens is 2. The summed E-state index contributed by atoms with van der Waals surface area (Å²) in [4.78, 5) is 22.7. The normalized spacial score (nSPS) is 11.1. The summed E-state index contributed by atoms with van der Waals surface area (Å²) in [5.74, 6) is -0.685. The molecule has 0 aliphatic rings. The van der Waals surface area contributed by atoms with Gasteiger partial charge in [-0.2, -0.15) is 0 Å². The van der Waals surface area contributed by atoms with E-state index >= 15 is 0 Å². The molecule has 8 nitrogen and oxygen atoms in total. The Balaban J connectivity index is 2.36. The van der Waals surface area contributed by atoms with E-state index < -0.39 is 27.4 Å². The van der Waals surface area contributed by atoms with Gasteiger partial charge in [0.05, 0.1) is 32.6 Å². The number of rotatable bonds is 6. The molecule has 2 aromatic carbocycles.